The number of nitrogens with one attached hydrogen (secondary N) is 1. The number of halogens is 3. The van der Waals surface area contributed by atoms with Crippen molar-refractivity contribution in [3.63, 3.8) is 0 Å². The fourth-order valence-electron chi connectivity index (χ4n) is 3.78. The van der Waals surface area contributed by atoms with Gasteiger partial charge in [-0.15, -0.1) is 11.3 Å². The van der Waals surface area contributed by atoms with E-state index in [4.69, 9.17) is 0 Å². The van der Waals surface area contributed by atoms with Crippen LogP contribution in [0.5, 0.6) is 0 Å². The summed E-state index contributed by atoms with van der Waals surface area (Å²) in [4.78, 5) is 28.8. The molecule has 1 aliphatic rings. The number of carbonyl (C=O) groups is 2. The van der Waals surface area contributed by atoms with E-state index < -0.39 is 17.6 Å². The Balaban J connectivity index is 1.59. The Morgan fingerprint density at radius 2 is 1.88 bits per heavy atom. The van der Waals surface area contributed by atoms with Crippen LogP contribution in [0.25, 0.3) is 5.00 Å². The second-order valence-electron chi connectivity index (χ2n) is 7.49. The molecule has 0 saturated carbocycles. The molecule has 33 heavy (non-hydrogen) atoms. The van der Waals surface area contributed by atoms with Gasteiger partial charge in [-0.3, -0.25) is 9.59 Å². The first kappa shape index (κ1) is 23.4. The normalized spacial score (nSPS) is 13.5. The number of anilines is 1. The first-order valence-corrected chi connectivity index (χ1v) is 12.4. The van der Waals surface area contributed by atoms with E-state index in [2.05, 4.69) is 5.32 Å². The maximum atomic E-state index is 13.6. The fourth-order valence-corrected chi connectivity index (χ4v) is 6.22. The third-order valence-electron chi connectivity index (χ3n) is 5.36. The monoisotopic (exact) mass is 493 g/mol. The molecule has 3 aromatic rings. The number of hydrogen-bond donors (Lipinski definition) is 1. The second-order valence-corrected chi connectivity index (χ2v) is 9.68. The summed E-state index contributed by atoms with van der Waals surface area (Å²) in [6, 6.07) is 8.57. The third kappa shape index (κ3) is 4.96. The summed E-state index contributed by atoms with van der Waals surface area (Å²) >= 11 is 3.39. The van der Waals surface area contributed by atoms with Gasteiger partial charge in [0, 0.05) is 29.6 Å². The average molecular weight is 494 g/mol. The lowest BCUT2D eigenvalue weighted by atomic mass is 10.1. The molecular weight excluding hydrogens is 471 g/mol. The van der Waals surface area contributed by atoms with Crippen LogP contribution < -0.4 is 5.32 Å². The van der Waals surface area contributed by atoms with Gasteiger partial charge in [0.05, 0.1) is 16.8 Å². The Morgan fingerprint density at radius 3 is 2.58 bits per heavy atom. The molecule has 4 rings (SSSR count). The van der Waals surface area contributed by atoms with Gasteiger partial charge in [-0.05, 0) is 48.9 Å². The molecule has 10 heteroatoms. The molecule has 0 spiro atoms. The summed E-state index contributed by atoms with van der Waals surface area (Å²) in [5, 5.41) is 3.13. The summed E-state index contributed by atoms with van der Waals surface area (Å²) in [5.41, 5.74) is 0.342. The van der Waals surface area contributed by atoms with Crippen LogP contribution >= 0.6 is 23.1 Å². The molecule has 1 aromatic carbocycles. The summed E-state index contributed by atoms with van der Waals surface area (Å²) < 4.78 is 41.7. The predicted molar refractivity (Wildman–Crippen MR) is 125 cm³/mol. The van der Waals surface area contributed by atoms with Crippen LogP contribution in [0, 0.1) is 0 Å². The number of likely N-dealkylation sites (N-methyl/N-ethyl adjacent to an activating group) is 1. The van der Waals surface area contributed by atoms with Crippen LogP contribution in [-0.2, 0) is 23.1 Å². The fraction of sp³-hybridized carbons (Fsp3) is 0.304. The van der Waals surface area contributed by atoms with Crippen molar-refractivity contribution in [3.05, 3.63) is 70.4 Å². The van der Waals surface area contributed by atoms with E-state index in [0.717, 1.165) is 39.4 Å². The molecule has 0 unspecified atom stereocenters. The molecule has 0 fully saturated rings. The lowest BCUT2D eigenvalue weighted by Gasteiger charge is -2.23. The number of benzene rings is 1. The van der Waals surface area contributed by atoms with Crippen molar-refractivity contribution in [2.24, 2.45) is 0 Å². The van der Waals surface area contributed by atoms with Crippen molar-refractivity contribution < 1.29 is 22.8 Å². The molecule has 174 valence electrons. The van der Waals surface area contributed by atoms with Gasteiger partial charge in [0.15, 0.2) is 0 Å². The van der Waals surface area contributed by atoms with E-state index in [0.29, 0.717) is 5.56 Å². The molecule has 1 N–H and O–H groups in total. The first-order chi connectivity index (χ1) is 15.8. The Hall–Kier alpha value is -2.72. The lowest BCUT2D eigenvalue weighted by Crippen LogP contribution is -2.38. The number of carbonyl (C=O) groups excluding carboxylic acids is 2. The third-order valence-corrected chi connectivity index (χ3v) is 7.78. The highest BCUT2D eigenvalue weighted by Gasteiger charge is 2.34. The van der Waals surface area contributed by atoms with Crippen molar-refractivity contribution in [2.75, 3.05) is 24.2 Å². The Labute approximate surface area is 197 Å². The van der Waals surface area contributed by atoms with Gasteiger partial charge in [-0.1, -0.05) is 12.1 Å². The largest absolute Gasteiger partial charge is 0.418 e. The number of aromatic nitrogens is 1. The predicted octanol–water partition coefficient (Wildman–Crippen LogP) is 5.45. The van der Waals surface area contributed by atoms with Gasteiger partial charge in [0.25, 0.3) is 5.91 Å². The molecule has 2 amide bonds. The van der Waals surface area contributed by atoms with Crippen molar-refractivity contribution in [3.8, 4) is 5.00 Å². The van der Waals surface area contributed by atoms with Gasteiger partial charge >= 0.3 is 6.18 Å². The summed E-state index contributed by atoms with van der Waals surface area (Å²) in [5.74, 6) is 0.784. The molecule has 1 aliphatic heterocycles. The van der Waals surface area contributed by atoms with Crippen LogP contribution in [0.4, 0.5) is 18.9 Å². The number of thiophene rings is 1. The van der Waals surface area contributed by atoms with Gasteiger partial charge < -0.3 is 14.8 Å². The van der Waals surface area contributed by atoms with E-state index in [1.165, 1.54) is 23.1 Å². The van der Waals surface area contributed by atoms with Gasteiger partial charge in [0.1, 0.15) is 11.5 Å². The zero-order valence-electron chi connectivity index (χ0n) is 17.8. The highest BCUT2D eigenvalue weighted by Crippen LogP contribution is 2.39. The number of amides is 2. The number of para-hydroxylation sites is 1. The average Bonchev–Trinajstić information content (AvgIpc) is 3.44. The molecule has 5 nitrogen and oxygen atoms in total. The second kappa shape index (κ2) is 9.64. The number of hydrogen-bond acceptors (Lipinski definition) is 4. The maximum absolute atomic E-state index is 13.6. The molecule has 0 aliphatic carbocycles. The minimum absolute atomic E-state index is 0.248. The zero-order valence-corrected chi connectivity index (χ0v) is 19.4. The Kier molecular flexibility index (Phi) is 6.85. The molecule has 0 radical (unpaired) electrons. The minimum Gasteiger partial charge on any atom is -0.330 e. The highest BCUT2D eigenvalue weighted by atomic mass is 32.2. The minimum atomic E-state index is -4.59. The quantitative estimate of drug-likeness (QED) is 0.497. The van der Waals surface area contributed by atoms with Gasteiger partial charge in [0.2, 0.25) is 5.91 Å². The van der Waals surface area contributed by atoms with E-state index in [1.807, 2.05) is 40.9 Å². The van der Waals surface area contributed by atoms with E-state index in [1.54, 1.807) is 18.3 Å². The SMILES string of the molecule is CCN(CC(=O)Nc1ccccc1C(F)(F)F)C(=O)c1c(-n2cccc2)sc2c1CCSC2. The lowest BCUT2D eigenvalue weighted by molar-refractivity contribution is -0.137. The number of rotatable bonds is 6. The van der Waals surface area contributed by atoms with Crippen LogP contribution in [0.3, 0.4) is 0 Å². The Bertz CT molecular complexity index is 1160. The van der Waals surface area contributed by atoms with E-state index in [-0.39, 0.29) is 24.7 Å². The van der Waals surface area contributed by atoms with Crippen molar-refractivity contribution in [2.45, 2.75) is 25.3 Å². The zero-order chi connectivity index (χ0) is 23.6. The smallest absolute Gasteiger partial charge is 0.330 e. The number of thioether (sulfide) groups is 1. The highest BCUT2D eigenvalue weighted by molar-refractivity contribution is 7.98. The van der Waals surface area contributed by atoms with Gasteiger partial charge in [-0.25, -0.2) is 0 Å². The molecular formula is C23H22F3N3O2S2. The van der Waals surface area contributed by atoms with Crippen LogP contribution in [0.1, 0.15) is 33.3 Å². The van der Waals surface area contributed by atoms with Crippen LogP contribution in [0.2, 0.25) is 0 Å². The molecule has 0 saturated heterocycles. The van der Waals surface area contributed by atoms with Crippen molar-refractivity contribution in [1.82, 2.24) is 9.47 Å². The number of fused-ring (bicyclic) bond motifs is 1. The summed E-state index contributed by atoms with van der Waals surface area (Å²) in [6.07, 6.45) is -0.0817. The molecule has 2 aromatic heterocycles. The maximum Gasteiger partial charge on any atom is 0.418 e. The standard InChI is InChI=1S/C23H22F3N3O2S2/c1-2-28(13-19(30)27-17-8-4-3-7-16(17)23(24,25)26)21(31)20-15-9-12-32-14-18(15)33-22(20)29-10-5-6-11-29/h3-8,10-11H,2,9,12-14H2,1H3,(H,27,30). The number of nitrogens with zero attached hydrogens (tertiary/aromatic N) is 2. The molecule has 0 atom stereocenters. The summed E-state index contributed by atoms with van der Waals surface area (Å²) in [6.45, 7) is 1.66. The summed E-state index contributed by atoms with van der Waals surface area (Å²) in [7, 11) is 0. The Morgan fingerprint density at radius 1 is 1.15 bits per heavy atom. The van der Waals surface area contributed by atoms with Gasteiger partial charge in [-0.2, -0.15) is 24.9 Å². The molecule has 0 bridgehead atoms. The van der Waals surface area contributed by atoms with E-state index in [9.17, 15) is 22.8 Å². The van der Waals surface area contributed by atoms with Crippen LogP contribution in [-0.4, -0.2) is 40.1 Å². The van der Waals surface area contributed by atoms with Crippen molar-refractivity contribution >= 4 is 40.6 Å². The molecule has 3 heterocycles. The number of alkyl halides is 3. The van der Waals surface area contributed by atoms with Crippen LogP contribution in [0.15, 0.2) is 48.8 Å². The van der Waals surface area contributed by atoms with Crippen molar-refractivity contribution in [1.29, 1.82) is 0 Å². The topological polar surface area (TPSA) is 54.3 Å². The van der Waals surface area contributed by atoms with E-state index >= 15 is 0 Å². The first-order valence-electron chi connectivity index (χ1n) is 10.4.